The molecule has 1 N–H and O–H groups in total. The maximum absolute atomic E-state index is 12.2. The Balaban J connectivity index is 1.62. The van der Waals surface area contributed by atoms with E-state index in [1.165, 1.54) is 10.7 Å². The molecule has 30 heavy (non-hydrogen) atoms. The summed E-state index contributed by atoms with van der Waals surface area (Å²) in [4.78, 5) is 12.2. The molecule has 0 aliphatic carbocycles. The van der Waals surface area contributed by atoms with Gasteiger partial charge in [0, 0.05) is 6.07 Å². The van der Waals surface area contributed by atoms with Crippen molar-refractivity contribution in [1.82, 2.24) is 9.78 Å². The van der Waals surface area contributed by atoms with Gasteiger partial charge in [-0.2, -0.15) is 5.10 Å². The number of anilines is 1. The predicted molar refractivity (Wildman–Crippen MR) is 114 cm³/mol. The van der Waals surface area contributed by atoms with Crippen LogP contribution >= 0.6 is 0 Å². The molecule has 0 fully saturated rings. The summed E-state index contributed by atoms with van der Waals surface area (Å²) in [6.07, 6.45) is 0. The van der Waals surface area contributed by atoms with Crippen molar-refractivity contribution in [3.63, 3.8) is 0 Å². The van der Waals surface area contributed by atoms with E-state index < -0.39 is 0 Å². The van der Waals surface area contributed by atoms with Crippen molar-refractivity contribution in [3.8, 4) is 23.0 Å². The molecule has 158 valence electrons. The fourth-order valence-electron chi connectivity index (χ4n) is 2.89. The maximum atomic E-state index is 12.2. The molecule has 1 heterocycles. The minimum absolute atomic E-state index is 0.194. The molecule has 8 nitrogen and oxygen atoms in total. The van der Waals surface area contributed by atoms with E-state index in [1.54, 1.807) is 33.5 Å². The third-order valence-electron chi connectivity index (χ3n) is 4.38. The molecule has 8 heteroatoms. The molecule has 0 saturated heterocycles. The van der Waals surface area contributed by atoms with Crippen molar-refractivity contribution in [2.75, 3.05) is 39.8 Å². The van der Waals surface area contributed by atoms with E-state index in [9.17, 15) is 4.79 Å². The summed E-state index contributed by atoms with van der Waals surface area (Å²) in [7, 11) is 4.76. The van der Waals surface area contributed by atoms with Crippen molar-refractivity contribution in [3.05, 3.63) is 70.5 Å². The van der Waals surface area contributed by atoms with Crippen LogP contribution in [0, 0.1) is 0 Å². The van der Waals surface area contributed by atoms with Crippen molar-refractivity contribution >= 4 is 5.82 Å². The first-order chi connectivity index (χ1) is 14.6. The Kier molecular flexibility index (Phi) is 7.15. The van der Waals surface area contributed by atoms with Crippen LogP contribution in [0.1, 0.15) is 5.56 Å². The number of benzene rings is 2. The summed E-state index contributed by atoms with van der Waals surface area (Å²) < 4.78 is 23.0. The van der Waals surface area contributed by atoms with Gasteiger partial charge in [0.1, 0.15) is 12.4 Å². The molecule has 0 spiro atoms. The summed E-state index contributed by atoms with van der Waals surface area (Å²) in [6.45, 7) is 1.24. The quantitative estimate of drug-likeness (QED) is 0.514. The van der Waals surface area contributed by atoms with E-state index in [0.717, 1.165) is 5.56 Å². The molecular weight excluding hydrogens is 386 g/mol. The standard InChI is InChI=1S/C22H25N3O5/c1-27-17-6-4-5-7-19(17)30-13-12-23-21-10-11-22(26)25(24-21)15-16-8-9-18(28-2)20(14-16)29-3/h4-11,14H,12-13,15H2,1-3H3,(H,23,24). The highest BCUT2D eigenvalue weighted by Crippen LogP contribution is 2.28. The lowest BCUT2D eigenvalue weighted by Crippen LogP contribution is -2.24. The van der Waals surface area contributed by atoms with Gasteiger partial charge in [-0.15, -0.1) is 0 Å². The number of nitrogens with zero attached hydrogens (tertiary/aromatic N) is 2. The number of aromatic nitrogens is 2. The number of nitrogens with one attached hydrogen (secondary N) is 1. The fourth-order valence-corrected chi connectivity index (χ4v) is 2.89. The third-order valence-corrected chi connectivity index (χ3v) is 4.38. The molecule has 0 aliphatic heterocycles. The summed E-state index contributed by atoms with van der Waals surface area (Å²) in [6, 6.07) is 16.1. The van der Waals surface area contributed by atoms with Crippen LogP contribution < -0.4 is 29.8 Å². The molecule has 1 aromatic heterocycles. The first-order valence-electron chi connectivity index (χ1n) is 9.43. The molecule has 3 rings (SSSR count). The van der Waals surface area contributed by atoms with Gasteiger partial charge in [-0.25, -0.2) is 4.68 Å². The van der Waals surface area contributed by atoms with Gasteiger partial charge < -0.3 is 24.3 Å². The van der Waals surface area contributed by atoms with E-state index in [2.05, 4.69) is 10.4 Å². The normalized spacial score (nSPS) is 10.4. The lowest BCUT2D eigenvalue weighted by atomic mass is 10.2. The molecule has 0 saturated carbocycles. The smallest absolute Gasteiger partial charge is 0.267 e. The van der Waals surface area contributed by atoms with Crippen LogP contribution in [0.3, 0.4) is 0 Å². The number of para-hydroxylation sites is 2. The van der Waals surface area contributed by atoms with Crippen LogP contribution in [-0.4, -0.2) is 44.3 Å². The summed E-state index contributed by atoms with van der Waals surface area (Å²) in [5, 5.41) is 7.55. The van der Waals surface area contributed by atoms with Crippen LogP contribution in [0.2, 0.25) is 0 Å². The molecular formula is C22H25N3O5. The van der Waals surface area contributed by atoms with Crippen LogP contribution in [0.15, 0.2) is 59.4 Å². The van der Waals surface area contributed by atoms with Gasteiger partial charge in [-0.3, -0.25) is 4.79 Å². The molecule has 0 aliphatic rings. The molecule has 2 aromatic carbocycles. The van der Waals surface area contributed by atoms with Crippen molar-refractivity contribution in [1.29, 1.82) is 0 Å². The Labute approximate surface area is 175 Å². The van der Waals surface area contributed by atoms with Gasteiger partial charge >= 0.3 is 0 Å². The SMILES string of the molecule is COc1ccc(Cn2nc(NCCOc3ccccc3OC)ccc2=O)cc1OC. The van der Waals surface area contributed by atoms with Gasteiger partial charge in [0.05, 0.1) is 34.4 Å². The Morgan fingerprint density at radius 1 is 0.867 bits per heavy atom. The van der Waals surface area contributed by atoms with Crippen LogP contribution in [0.4, 0.5) is 5.82 Å². The average molecular weight is 411 g/mol. The average Bonchev–Trinajstić information content (AvgIpc) is 2.78. The zero-order valence-corrected chi connectivity index (χ0v) is 17.3. The van der Waals surface area contributed by atoms with Gasteiger partial charge in [0.15, 0.2) is 23.0 Å². The number of ether oxygens (including phenoxy) is 4. The molecule has 0 radical (unpaired) electrons. The Hall–Kier alpha value is -3.68. The fraction of sp³-hybridized carbons (Fsp3) is 0.273. The molecule has 3 aromatic rings. The number of hydrogen-bond donors (Lipinski definition) is 1. The Bertz CT molecular complexity index is 1040. The van der Waals surface area contributed by atoms with Crippen LogP contribution in [-0.2, 0) is 6.54 Å². The summed E-state index contributed by atoms with van der Waals surface area (Å²) in [5.74, 6) is 3.17. The molecule has 0 bridgehead atoms. The van der Waals surface area contributed by atoms with Gasteiger partial charge in [0.25, 0.3) is 5.56 Å². The number of rotatable bonds is 10. The third kappa shape index (κ3) is 5.22. The largest absolute Gasteiger partial charge is 0.493 e. The van der Waals surface area contributed by atoms with Crippen molar-refractivity contribution < 1.29 is 18.9 Å². The van der Waals surface area contributed by atoms with Crippen LogP contribution in [0.25, 0.3) is 0 Å². The van der Waals surface area contributed by atoms with Gasteiger partial charge in [-0.1, -0.05) is 18.2 Å². The molecule has 0 unspecified atom stereocenters. The first-order valence-corrected chi connectivity index (χ1v) is 9.43. The Morgan fingerprint density at radius 2 is 1.57 bits per heavy atom. The van der Waals surface area contributed by atoms with E-state index >= 15 is 0 Å². The Morgan fingerprint density at radius 3 is 2.30 bits per heavy atom. The highest BCUT2D eigenvalue weighted by molar-refractivity contribution is 5.43. The lowest BCUT2D eigenvalue weighted by molar-refractivity contribution is 0.305. The zero-order valence-electron chi connectivity index (χ0n) is 17.3. The summed E-state index contributed by atoms with van der Waals surface area (Å²) >= 11 is 0. The topological polar surface area (TPSA) is 83.8 Å². The second-order valence-electron chi connectivity index (χ2n) is 6.33. The van der Waals surface area contributed by atoms with Crippen molar-refractivity contribution in [2.45, 2.75) is 6.54 Å². The zero-order chi connectivity index (χ0) is 21.3. The van der Waals surface area contributed by atoms with E-state index in [-0.39, 0.29) is 5.56 Å². The highest BCUT2D eigenvalue weighted by Gasteiger charge is 2.07. The van der Waals surface area contributed by atoms with Crippen molar-refractivity contribution in [2.24, 2.45) is 0 Å². The highest BCUT2D eigenvalue weighted by atomic mass is 16.5. The predicted octanol–water partition coefficient (Wildman–Crippen LogP) is 2.81. The van der Waals surface area contributed by atoms with Gasteiger partial charge in [0.2, 0.25) is 0 Å². The van der Waals surface area contributed by atoms with E-state index in [1.807, 2.05) is 36.4 Å². The minimum Gasteiger partial charge on any atom is -0.493 e. The lowest BCUT2D eigenvalue weighted by Gasteiger charge is -2.12. The van der Waals surface area contributed by atoms with Crippen LogP contribution in [0.5, 0.6) is 23.0 Å². The second kappa shape index (κ2) is 10.2. The minimum atomic E-state index is -0.194. The number of hydrogen-bond acceptors (Lipinski definition) is 7. The van der Waals surface area contributed by atoms with Gasteiger partial charge in [-0.05, 0) is 35.9 Å². The van der Waals surface area contributed by atoms with E-state index in [4.69, 9.17) is 18.9 Å². The second-order valence-corrected chi connectivity index (χ2v) is 6.33. The number of methoxy groups -OCH3 is 3. The first kappa shape index (κ1) is 21.0. The van der Waals surface area contributed by atoms with E-state index in [0.29, 0.717) is 48.5 Å². The summed E-state index contributed by atoms with van der Waals surface area (Å²) in [5.41, 5.74) is 0.680. The molecule has 0 atom stereocenters. The monoisotopic (exact) mass is 411 g/mol. The maximum Gasteiger partial charge on any atom is 0.267 e. The molecule has 0 amide bonds.